The van der Waals surface area contributed by atoms with Crippen LogP contribution in [-0.4, -0.2) is 40.5 Å². The Morgan fingerprint density at radius 1 is 1.16 bits per heavy atom. The Hall–Kier alpha value is -1.59. The second-order valence-electron chi connectivity index (χ2n) is 4.74. The Morgan fingerprint density at radius 3 is 2.26 bits per heavy atom. The number of amides is 3. The number of carboxylic acids is 1. The molecular formula is C13H24N2O4. The van der Waals surface area contributed by atoms with Crippen molar-refractivity contribution >= 4 is 17.9 Å². The van der Waals surface area contributed by atoms with Gasteiger partial charge in [0.05, 0.1) is 6.42 Å². The van der Waals surface area contributed by atoms with Gasteiger partial charge in [0.1, 0.15) is 0 Å². The molecule has 0 rings (SSSR count). The van der Waals surface area contributed by atoms with E-state index in [1.165, 1.54) is 0 Å². The standard InChI is InChI=1S/C13H24N2O4/c1-4-5-6-9-15(10(2)3)13(19)14-11(16)7-8-12(17)18/h10H,4-9H2,1-3H3,(H,17,18)(H,14,16,19). The SMILES string of the molecule is CCCCCN(C(=O)NC(=O)CCC(=O)O)C(C)C. The molecule has 110 valence electrons. The highest BCUT2D eigenvalue weighted by Gasteiger charge is 2.18. The van der Waals surface area contributed by atoms with Gasteiger partial charge >= 0.3 is 12.0 Å². The Bertz CT molecular complexity index is 316. The van der Waals surface area contributed by atoms with E-state index in [2.05, 4.69) is 12.2 Å². The van der Waals surface area contributed by atoms with Crippen LogP contribution in [0.1, 0.15) is 52.9 Å². The maximum Gasteiger partial charge on any atom is 0.324 e. The van der Waals surface area contributed by atoms with Crippen molar-refractivity contribution in [3.63, 3.8) is 0 Å². The third kappa shape index (κ3) is 8.18. The number of nitrogens with one attached hydrogen (secondary N) is 1. The lowest BCUT2D eigenvalue weighted by Crippen LogP contribution is -2.46. The minimum absolute atomic E-state index is 0.00382. The van der Waals surface area contributed by atoms with E-state index in [0.717, 1.165) is 19.3 Å². The van der Waals surface area contributed by atoms with Crippen LogP contribution in [0.3, 0.4) is 0 Å². The first-order chi connectivity index (χ1) is 8.88. The van der Waals surface area contributed by atoms with Gasteiger partial charge in [-0.3, -0.25) is 14.9 Å². The normalized spacial score (nSPS) is 10.3. The molecular weight excluding hydrogens is 248 g/mol. The van der Waals surface area contributed by atoms with E-state index in [0.29, 0.717) is 6.54 Å². The summed E-state index contributed by atoms with van der Waals surface area (Å²) >= 11 is 0. The van der Waals surface area contributed by atoms with Crippen LogP contribution in [0.4, 0.5) is 4.79 Å². The van der Waals surface area contributed by atoms with Crippen molar-refractivity contribution in [2.45, 2.75) is 58.9 Å². The molecule has 19 heavy (non-hydrogen) atoms. The van der Waals surface area contributed by atoms with Crippen LogP contribution in [0.5, 0.6) is 0 Å². The summed E-state index contributed by atoms with van der Waals surface area (Å²) in [7, 11) is 0. The van der Waals surface area contributed by atoms with Gasteiger partial charge in [0, 0.05) is 19.0 Å². The first-order valence-corrected chi connectivity index (χ1v) is 6.70. The van der Waals surface area contributed by atoms with E-state index >= 15 is 0 Å². The molecule has 2 N–H and O–H groups in total. The van der Waals surface area contributed by atoms with Crippen LogP contribution >= 0.6 is 0 Å². The lowest BCUT2D eigenvalue weighted by molar-refractivity contribution is -0.138. The van der Waals surface area contributed by atoms with Crippen molar-refractivity contribution in [1.82, 2.24) is 10.2 Å². The lowest BCUT2D eigenvalue weighted by Gasteiger charge is -2.26. The number of aliphatic carboxylic acids is 1. The highest BCUT2D eigenvalue weighted by atomic mass is 16.4. The van der Waals surface area contributed by atoms with Gasteiger partial charge in [0.2, 0.25) is 5.91 Å². The van der Waals surface area contributed by atoms with Crippen LogP contribution in [-0.2, 0) is 9.59 Å². The zero-order chi connectivity index (χ0) is 14.8. The molecule has 0 atom stereocenters. The summed E-state index contributed by atoms with van der Waals surface area (Å²) in [4.78, 5) is 35.2. The minimum atomic E-state index is -1.05. The molecule has 0 aromatic heterocycles. The largest absolute Gasteiger partial charge is 0.481 e. The van der Waals surface area contributed by atoms with Crippen LogP contribution in [0.15, 0.2) is 0 Å². The van der Waals surface area contributed by atoms with Crippen molar-refractivity contribution in [2.24, 2.45) is 0 Å². The molecule has 0 unspecified atom stereocenters. The highest BCUT2D eigenvalue weighted by molar-refractivity contribution is 5.95. The monoisotopic (exact) mass is 272 g/mol. The third-order valence-electron chi connectivity index (χ3n) is 2.70. The third-order valence-corrected chi connectivity index (χ3v) is 2.70. The number of urea groups is 1. The van der Waals surface area contributed by atoms with Gasteiger partial charge in [-0.15, -0.1) is 0 Å². The predicted molar refractivity (Wildman–Crippen MR) is 71.8 cm³/mol. The number of hydrogen-bond donors (Lipinski definition) is 2. The fraction of sp³-hybridized carbons (Fsp3) is 0.769. The second kappa shape index (κ2) is 9.35. The maximum atomic E-state index is 11.9. The molecule has 0 saturated carbocycles. The topological polar surface area (TPSA) is 86.7 Å². The van der Waals surface area contributed by atoms with Gasteiger partial charge in [0.15, 0.2) is 0 Å². The van der Waals surface area contributed by atoms with Crippen molar-refractivity contribution in [1.29, 1.82) is 0 Å². The molecule has 0 heterocycles. The molecule has 3 amide bonds. The summed E-state index contributed by atoms with van der Waals surface area (Å²) in [5, 5.41) is 10.7. The lowest BCUT2D eigenvalue weighted by atomic mass is 10.2. The Kier molecular flexibility index (Phi) is 8.57. The number of carbonyl (C=O) groups excluding carboxylic acids is 2. The molecule has 0 bridgehead atoms. The van der Waals surface area contributed by atoms with Gasteiger partial charge in [0.25, 0.3) is 0 Å². The molecule has 0 aliphatic carbocycles. The first-order valence-electron chi connectivity index (χ1n) is 6.70. The second-order valence-corrected chi connectivity index (χ2v) is 4.74. The van der Waals surface area contributed by atoms with Crippen molar-refractivity contribution in [3.05, 3.63) is 0 Å². The van der Waals surface area contributed by atoms with Gasteiger partial charge in [-0.2, -0.15) is 0 Å². The number of rotatable bonds is 8. The number of carboxylic acid groups (broad SMARTS) is 1. The summed E-state index contributed by atoms with van der Waals surface area (Å²) in [5.41, 5.74) is 0. The van der Waals surface area contributed by atoms with E-state index < -0.39 is 17.9 Å². The highest BCUT2D eigenvalue weighted by Crippen LogP contribution is 2.04. The van der Waals surface area contributed by atoms with Gasteiger partial charge in [-0.1, -0.05) is 19.8 Å². The number of unbranched alkanes of at least 4 members (excludes halogenated alkanes) is 2. The Labute approximate surface area is 114 Å². The van der Waals surface area contributed by atoms with Gasteiger partial charge in [-0.25, -0.2) is 4.79 Å². The number of imide groups is 1. The quantitative estimate of drug-likeness (QED) is 0.661. The summed E-state index contributed by atoms with van der Waals surface area (Å²) in [6.45, 7) is 6.44. The summed E-state index contributed by atoms with van der Waals surface area (Å²) in [6.07, 6.45) is 2.54. The molecule has 6 heteroatoms. The van der Waals surface area contributed by atoms with Gasteiger partial charge < -0.3 is 10.0 Å². The molecule has 0 saturated heterocycles. The molecule has 0 aromatic carbocycles. The summed E-state index contributed by atoms with van der Waals surface area (Å²) in [6, 6.07) is -0.439. The molecule has 0 aliphatic rings. The van der Waals surface area contributed by atoms with Crippen molar-refractivity contribution in [2.75, 3.05) is 6.54 Å². The number of hydrogen-bond acceptors (Lipinski definition) is 3. The maximum absolute atomic E-state index is 11.9. The van der Waals surface area contributed by atoms with E-state index in [-0.39, 0.29) is 18.9 Å². The van der Waals surface area contributed by atoms with Crippen LogP contribution in [0.2, 0.25) is 0 Å². The molecule has 0 fully saturated rings. The minimum Gasteiger partial charge on any atom is -0.481 e. The molecule has 0 radical (unpaired) electrons. The fourth-order valence-electron chi connectivity index (χ4n) is 1.60. The number of nitrogens with zero attached hydrogens (tertiary/aromatic N) is 1. The molecule has 0 aliphatic heterocycles. The average molecular weight is 272 g/mol. The van der Waals surface area contributed by atoms with E-state index in [9.17, 15) is 14.4 Å². The Balaban J connectivity index is 4.23. The fourth-order valence-corrected chi connectivity index (χ4v) is 1.60. The van der Waals surface area contributed by atoms with Crippen LogP contribution < -0.4 is 5.32 Å². The first kappa shape index (κ1) is 17.4. The van der Waals surface area contributed by atoms with Crippen LogP contribution in [0, 0.1) is 0 Å². The predicted octanol–water partition coefficient (Wildman–Crippen LogP) is 1.99. The van der Waals surface area contributed by atoms with Crippen molar-refractivity contribution in [3.8, 4) is 0 Å². The van der Waals surface area contributed by atoms with E-state index in [4.69, 9.17) is 5.11 Å². The smallest absolute Gasteiger partial charge is 0.324 e. The molecule has 6 nitrogen and oxygen atoms in total. The number of carbonyl (C=O) groups is 3. The molecule has 0 spiro atoms. The Morgan fingerprint density at radius 2 is 1.79 bits per heavy atom. The van der Waals surface area contributed by atoms with Crippen LogP contribution in [0.25, 0.3) is 0 Å². The summed E-state index contributed by atoms with van der Waals surface area (Å²) < 4.78 is 0. The average Bonchev–Trinajstić information content (AvgIpc) is 2.31. The van der Waals surface area contributed by atoms with Gasteiger partial charge in [-0.05, 0) is 20.3 Å². The zero-order valence-corrected chi connectivity index (χ0v) is 11.9. The molecule has 0 aromatic rings. The van der Waals surface area contributed by atoms with E-state index in [1.807, 2.05) is 13.8 Å². The summed E-state index contributed by atoms with van der Waals surface area (Å²) in [5.74, 6) is -1.60. The van der Waals surface area contributed by atoms with Crippen molar-refractivity contribution < 1.29 is 19.5 Å². The van der Waals surface area contributed by atoms with E-state index in [1.54, 1.807) is 4.90 Å². The zero-order valence-electron chi connectivity index (χ0n) is 11.9.